The van der Waals surface area contributed by atoms with E-state index in [1.165, 1.54) is 0 Å². The van der Waals surface area contributed by atoms with Gasteiger partial charge in [-0.05, 0) is 50.6 Å². The molecule has 134 valence electrons. The fraction of sp³-hybridized carbons (Fsp3) is 0.500. The molecule has 0 saturated carbocycles. The van der Waals surface area contributed by atoms with Gasteiger partial charge in [-0.2, -0.15) is 0 Å². The lowest BCUT2D eigenvalue weighted by Gasteiger charge is -2.22. The number of hydrogen-bond donors (Lipinski definition) is 1. The number of nitrogens with zero attached hydrogens (tertiary/aromatic N) is 4. The Morgan fingerprint density at radius 3 is 2.96 bits per heavy atom. The molecule has 1 aliphatic rings. The summed E-state index contributed by atoms with van der Waals surface area (Å²) >= 11 is 0. The third-order valence-corrected chi connectivity index (χ3v) is 4.44. The number of benzene rings is 1. The highest BCUT2D eigenvalue weighted by Crippen LogP contribution is 2.17. The van der Waals surface area contributed by atoms with Crippen LogP contribution in [0.2, 0.25) is 0 Å². The molecule has 7 heteroatoms. The Bertz CT molecular complexity index is 709. The van der Waals surface area contributed by atoms with Crippen molar-refractivity contribution in [1.82, 2.24) is 25.2 Å². The van der Waals surface area contributed by atoms with Gasteiger partial charge in [0.25, 0.3) is 5.91 Å². The average molecular weight is 343 g/mol. The van der Waals surface area contributed by atoms with E-state index in [1.807, 2.05) is 35.9 Å². The Balaban J connectivity index is 1.51. The lowest BCUT2D eigenvalue weighted by Crippen LogP contribution is -2.31. The van der Waals surface area contributed by atoms with Crippen molar-refractivity contribution in [2.45, 2.75) is 25.8 Å². The van der Waals surface area contributed by atoms with Gasteiger partial charge in [-0.15, -0.1) is 5.10 Å². The first-order chi connectivity index (χ1) is 12.1. The van der Waals surface area contributed by atoms with Gasteiger partial charge in [0.1, 0.15) is 12.4 Å². The van der Waals surface area contributed by atoms with Crippen molar-refractivity contribution in [2.75, 3.05) is 33.3 Å². The SMILES string of the molecule is Cc1cccc(OCCN(C)C(=O)c2cn(C3CCNCC3)nn2)c1. The van der Waals surface area contributed by atoms with Crippen molar-refractivity contribution in [1.29, 1.82) is 0 Å². The van der Waals surface area contributed by atoms with Crippen LogP contribution in [0, 0.1) is 6.92 Å². The predicted molar refractivity (Wildman–Crippen MR) is 94.8 cm³/mol. The highest BCUT2D eigenvalue weighted by Gasteiger charge is 2.20. The molecular weight excluding hydrogens is 318 g/mol. The number of aryl methyl sites for hydroxylation is 1. The molecule has 1 aromatic heterocycles. The maximum Gasteiger partial charge on any atom is 0.275 e. The second-order valence-electron chi connectivity index (χ2n) is 6.46. The van der Waals surface area contributed by atoms with Gasteiger partial charge in [0, 0.05) is 7.05 Å². The minimum absolute atomic E-state index is 0.131. The molecular formula is C18H25N5O2. The van der Waals surface area contributed by atoms with E-state index in [1.54, 1.807) is 18.1 Å². The second kappa shape index (κ2) is 8.11. The number of carbonyl (C=O) groups is 1. The maximum absolute atomic E-state index is 12.5. The molecule has 1 N–H and O–H groups in total. The molecule has 0 bridgehead atoms. The molecule has 25 heavy (non-hydrogen) atoms. The fourth-order valence-corrected chi connectivity index (χ4v) is 2.93. The molecule has 0 atom stereocenters. The van der Waals surface area contributed by atoms with Crippen molar-refractivity contribution >= 4 is 5.91 Å². The number of piperidine rings is 1. The number of carbonyl (C=O) groups excluding carboxylic acids is 1. The predicted octanol–water partition coefficient (Wildman–Crippen LogP) is 1.66. The van der Waals surface area contributed by atoms with Crippen molar-refractivity contribution in [3.63, 3.8) is 0 Å². The van der Waals surface area contributed by atoms with Gasteiger partial charge >= 0.3 is 0 Å². The van der Waals surface area contributed by atoms with E-state index < -0.39 is 0 Å². The van der Waals surface area contributed by atoms with Gasteiger partial charge in [0.15, 0.2) is 5.69 Å². The number of likely N-dealkylation sites (N-methyl/N-ethyl adjacent to an activating group) is 1. The monoisotopic (exact) mass is 343 g/mol. The van der Waals surface area contributed by atoms with Crippen LogP contribution in [0.15, 0.2) is 30.5 Å². The summed E-state index contributed by atoms with van der Waals surface area (Å²) in [5.74, 6) is 0.686. The van der Waals surface area contributed by atoms with Crippen LogP contribution in [0.25, 0.3) is 0 Å². The molecule has 0 radical (unpaired) electrons. The zero-order valence-electron chi connectivity index (χ0n) is 14.8. The lowest BCUT2D eigenvalue weighted by molar-refractivity contribution is 0.0768. The standard InChI is InChI=1S/C18H25N5O2/c1-14-4-3-5-16(12-14)25-11-10-22(2)18(24)17-13-23(21-20-17)15-6-8-19-9-7-15/h3-5,12-13,15,19H,6-11H2,1-2H3. The fourth-order valence-electron chi connectivity index (χ4n) is 2.93. The van der Waals surface area contributed by atoms with E-state index in [0.717, 1.165) is 37.2 Å². The largest absolute Gasteiger partial charge is 0.492 e. The van der Waals surface area contributed by atoms with Gasteiger partial charge in [-0.1, -0.05) is 17.3 Å². The molecule has 2 heterocycles. The first-order valence-corrected chi connectivity index (χ1v) is 8.71. The molecule has 3 rings (SSSR count). The molecule has 7 nitrogen and oxygen atoms in total. The minimum atomic E-state index is -0.131. The minimum Gasteiger partial charge on any atom is -0.492 e. The topological polar surface area (TPSA) is 72.3 Å². The summed E-state index contributed by atoms with van der Waals surface area (Å²) in [5, 5.41) is 11.5. The molecule has 1 saturated heterocycles. The van der Waals surface area contributed by atoms with Gasteiger partial charge in [0.2, 0.25) is 0 Å². The van der Waals surface area contributed by atoms with Crippen LogP contribution in [0.4, 0.5) is 0 Å². The number of ether oxygens (including phenoxy) is 1. The molecule has 1 aromatic carbocycles. The number of hydrogen-bond acceptors (Lipinski definition) is 5. The van der Waals surface area contributed by atoms with Gasteiger partial charge in [-0.3, -0.25) is 4.79 Å². The number of nitrogens with one attached hydrogen (secondary N) is 1. The second-order valence-corrected chi connectivity index (χ2v) is 6.46. The molecule has 1 aliphatic heterocycles. The van der Waals surface area contributed by atoms with E-state index in [4.69, 9.17) is 4.74 Å². The quantitative estimate of drug-likeness (QED) is 0.864. The molecule has 1 amide bonds. The summed E-state index contributed by atoms with van der Waals surface area (Å²) < 4.78 is 7.53. The third-order valence-electron chi connectivity index (χ3n) is 4.44. The molecule has 0 spiro atoms. The Labute approximate surface area is 148 Å². The normalized spacial score (nSPS) is 15.1. The zero-order chi connectivity index (χ0) is 17.6. The maximum atomic E-state index is 12.5. The van der Waals surface area contributed by atoms with E-state index >= 15 is 0 Å². The van der Waals surface area contributed by atoms with Crippen LogP contribution in [0.3, 0.4) is 0 Å². The van der Waals surface area contributed by atoms with Crippen LogP contribution in [0.5, 0.6) is 5.75 Å². The van der Waals surface area contributed by atoms with Crippen LogP contribution >= 0.6 is 0 Å². The van der Waals surface area contributed by atoms with Crippen molar-refractivity contribution in [3.8, 4) is 5.75 Å². The van der Waals surface area contributed by atoms with E-state index in [0.29, 0.717) is 24.9 Å². The van der Waals surface area contributed by atoms with Crippen LogP contribution in [-0.2, 0) is 0 Å². The van der Waals surface area contributed by atoms with Crippen molar-refractivity contribution < 1.29 is 9.53 Å². The summed E-state index contributed by atoms with van der Waals surface area (Å²) in [4.78, 5) is 14.1. The molecule has 0 unspecified atom stereocenters. The van der Waals surface area contributed by atoms with Crippen LogP contribution in [-0.4, -0.2) is 59.1 Å². The Morgan fingerprint density at radius 2 is 2.20 bits per heavy atom. The molecule has 2 aromatic rings. The van der Waals surface area contributed by atoms with Gasteiger partial charge in [0.05, 0.1) is 18.8 Å². The molecule has 0 aliphatic carbocycles. The van der Waals surface area contributed by atoms with E-state index in [-0.39, 0.29) is 5.91 Å². The third kappa shape index (κ3) is 4.57. The summed E-state index contributed by atoms with van der Waals surface area (Å²) in [6.45, 7) is 4.91. The van der Waals surface area contributed by atoms with Crippen LogP contribution in [0.1, 0.15) is 34.9 Å². The van der Waals surface area contributed by atoms with Crippen molar-refractivity contribution in [2.24, 2.45) is 0 Å². The Morgan fingerprint density at radius 1 is 1.40 bits per heavy atom. The Kier molecular flexibility index (Phi) is 5.65. The number of aromatic nitrogens is 3. The first-order valence-electron chi connectivity index (χ1n) is 8.71. The smallest absolute Gasteiger partial charge is 0.275 e. The van der Waals surface area contributed by atoms with E-state index in [9.17, 15) is 4.79 Å². The summed E-state index contributed by atoms with van der Waals surface area (Å²) in [5.41, 5.74) is 1.54. The molecule has 1 fully saturated rings. The number of amides is 1. The average Bonchev–Trinajstić information content (AvgIpc) is 3.12. The summed E-state index contributed by atoms with van der Waals surface area (Å²) in [6, 6.07) is 8.20. The van der Waals surface area contributed by atoms with Gasteiger partial charge < -0.3 is 15.0 Å². The first kappa shape index (κ1) is 17.4. The van der Waals surface area contributed by atoms with E-state index in [2.05, 4.69) is 15.6 Å². The van der Waals surface area contributed by atoms with Crippen molar-refractivity contribution in [3.05, 3.63) is 41.7 Å². The van der Waals surface area contributed by atoms with Crippen LogP contribution < -0.4 is 10.1 Å². The highest BCUT2D eigenvalue weighted by molar-refractivity contribution is 5.91. The highest BCUT2D eigenvalue weighted by atomic mass is 16.5. The lowest BCUT2D eigenvalue weighted by atomic mass is 10.1. The number of rotatable bonds is 6. The Hall–Kier alpha value is -2.41. The zero-order valence-corrected chi connectivity index (χ0v) is 14.8. The van der Waals surface area contributed by atoms with Gasteiger partial charge in [-0.25, -0.2) is 4.68 Å². The summed E-state index contributed by atoms with van der Waals surface area (Å²) in [6.07, 6.45) is 3.78. The summed E-state index contributed by atoms with van der Waals surface area (Å²) in [7, 11) is 1.76.